The summed E-state index contributed by atoms with van der Waals surface area (Å²) < 4.78 is 31.5. The zero-order valence-electron chi connectivity index (χ0n) is 12.5. The smallest absolute Gasteiger partial charge is 0.220 e. The number of amides is 1. The summed E-state index contributed by atoms with van der Waals surface area (Å²) >= 11 is 0. The number of ether oxygens (including phenoxy) is 1. The van der Waals surface area contributed by atoms with Crippen LogP contribution in [0.1, 0.15) is 44.3 Å². The maximum atomic E-state index is 13.2. The molecule has 2 rings (SSSR count). The zero-order chi connectivity index (χ0) is 16.1. The molecule has 1 fully saturated rings. The lowest BCUT2D eigenvalue weighted by Gasteiger charge is -2.21. The molecule has 1 aliphatic rings. The molecule has 122 valence electrons. The Bertz CT molecular complexity index is 518. The molecule has 1 aliphatic heterocycles. The fourth-order valence-corrected chi connectivity index (χ4v) is 2.55. The Morgan fingerprint density at radius 3 is 2.86 bits per heavy atom. The number of benzene rings is 1. The number of halogens is 2. The van der Waals surface area contributed by atoms with E-state index in [9.17, 15) is 18.7 Å². The van der Waals surface area contributed by atoms with Gasteiger partial charge in [0.05, 0.1) is 18.2 Å². The molecule has 0 aliphatic carbocycles. The van der Waals surface area contributed by atoms with Gasteiger partial charge >= 0.3 is 0 Å². The summed E-state index contributed by atoms with van der Waals surface area (Å²) in [6.45, 7) is 2.37. The number of carbonyl (C=O) groups is 1. The average Bonchev–Trinajstić information content (AvgIpc) is 3.00. The van der Waals surface area contributed by atoms with Crippen LogP contribution in [0.4, 0.5) is 8.78 Å². The molecule has 2 N–H and O–H groups in total. The highest BCUT2D eigenvalue weighted by molar-refractivity contribution is 5.76. The quantitative estimate of drug-likeness (QED) is 0.848. The molecule has 1 saturated heterocycles. The summed E-state index contributed by atoms with van der Waals surface area (Å²) in [4.78, 5) is 11.9. The summed E-state index contributed by atoms with van der Waals surface area (Å²) in [5.41, 5.74) is 0.228. The van der Waals surface area contributed by atoms with Gasteiger partial charge in [-0.2, -0.15) is 0 Å². The third kappa shape index (κ3) is 4.48. The predicted octanol–water partition coefficient (Wildman–Crippen LogP) is 2.46. The van der Waals surface area contributed by atoms with E-state index in [1.54, 1.807) is 6.92 Å². The molecule has 3 unspecified atom stereocenters. The van der Waals surface area contributed by atoms with E-state index in [-0.39, 0.29) is 17.6 Å². The highest BCUT2D eigenvalue weighted by Gasteiger charge is 2.21. The van der Waals surface area contributed by atoms with Crippen molar-refractivity contribution in [2.75, 3.05) is 6.61 Å². The minimum absolute atomic E-state index is 0.136. The fourth-order valence-electron chi connectivity index (χ4n) is 2.55. The Morgan fingerprint density at radius 1 is 1.45 bits per heavy atom. The largest absolute Gasteiger partial charge is 0.386 e. The van der Waals surface area contributed by atoms with Crippen LogP contribution in [-0.2, 0) is 9.53 Å². The highest BCUT2D eigenvalue weighted by Crippen LogP contribution is 2.20. The minimum Gasteiger partial charge on any atom is -0.386 e. The van der Waals surface area contributed by atoms with E-state index in [1.807, 2.05) is 0 Å². The summed E-state index contributed by atoms with van der Waals surface area (Å²) in [6, 6.07) is 2.61. The van der Waals surface area contributed by atoms with E-state index in [1.165, 1.54) is 6.07 Å². The molecule has 4 nitrogen and oxygen atoms in total. The summed E-state index contributed by atoms with van der Waals surface area (Å²) in [5.74, 6) is -2.18. The topological polar surface area (TPSA) is 58.6 Å². The molecule has 1 aromatic rings. The van der Waals surface area contributed by atoms with Crippen molar-refractivity contribution in [2.45, 2.75) is 50.9 Å². The predicted molar refractivity (Wildman–Crippen MR) is 77.1 cm³/mol. The van der Waals surface area contributed by atoms with E-state index in [2.05, 4.69) is 5.32 Å². The molecule has 3 atom stereocenters. The molecule has 0 aromatic heterocycles. The maximum Gasteiger partial charge on any atom is 0.220 e. The molecule has 0 radical (unpaired) electrons. The van der Waals surface area contributed by atoms with E-state index >= 15 is 0 Å². The van der Waals surface area contributed by atoms with Gasteiger partial charge in [0.1, 0.15) is 0 Å². The molecular formula is C16H21F2NO3. The average molecular weight is 313 g/mol. The number of nitrogens with one attached hydrogen (secondary N) is 1. The van der Waals surface area contributed by atoms with Crippen molar-refractivity contribution in [1.82, 2.24) is 5.32 Å². The van der Waals surface area contributed by atoms with Gasteiger partial charge in [0, 0.05) is 13.0 Å². The normalized spacial score (nSPS) is 20.6. The second-order valence-corrected chi connectivity index (χ2v) is 5.65. The van der Waals surface area contributed by atoms with Gasteiger partial charge in [0.25, 0.3) is 0 Å². The first kappa shape index (κ1) is 16.8. The first-order chi connectivity index (χ1) is 10.5. The van der Waals surface area contributed by atoms with Crippen LogP contribution in [0.15, 0.2) is 18.2 Å². The van der Waals surface area contributed by atoms with Gasteiger partial charge in [0.15, 0.2) is 11.6 Å². The molecule has 1 amide bonds. The fraction of sp³-hybridized carbons (Fsp3) is 0.562. The van der Waals surface area contributed by atoms with E-state index in [4.69, 9.17) is 4.74 Å². The van der Waals surface area contributed by atoms with Crippen LogP contribution in [0.3, 0.4) is 0 Å². The van der Waals surface area contributed by atoms with Crippen molar-refractivity contribution in [3.05, 3.63) is 35.4 Å². The van der Waals surface area contributed by atoms with Crippen molar-refractivity contribution in [3.8, 4) is 0 Å². The third-order valence-electron chi connectivity index (χ3n) is 3.86. The molecule has 0 spiro atoms. The van der Waals surface area contributed by atoms with E-state index in [0.717, 1.165) is 31.6 Å². The van der Waals surface area contributed by atoms with Crippen LogP contribution in [-0.4, -0.2) is 29.8 Å². The number of hydrogen-bond donors (Lipinski definition) is 2. The molecule has 22 heavy (non-hydrogen) atoms. The van der Waals surface area contributed by atoms with Gasteiger partial charge in [-0.05, 0) is 43.9 Å². The van der Waals surface area contributed by atoms with Crippen molar-refractivity contribution in [1.29, 1.82) is 0 Å². The molecular weight excluding hydrogens is 292 g/mol. The Hall–Kier alpha value is -1.53. The molecule has 1 heterocycles. The molecule has 6 heteroatoms. The van der Waals surface area contributed by atoms with Crippen LogP contribution < -0.4 is 5.32 Å². The minimum atomic E-state index is -1.10. The Balaban J connectivity index is 1.83. The van der Waals surface area contributed by atoms with Gasteiger partial charge in [-0.3, -0.25) is 4.79 Å². The van der Waals surface area contributed by atoms with Gasteiger partial charge in [0.2, 0.25) is 5.91 Å². The Morgan fingerprint density at radius 2 is 2.23 bits per heavy atom. The van der Waals surface area contributed by atoms with Crippen molar-refractivity contribution >= 4 is 5.91 Å². The lowest BCUT2D eigenvalue weighted by Crippen LogP contribution is -2.37. The van der Waals surface area contributed by atoms with Crippen molar-refractivity contribution < 1.29 is 23.4 Å². The first-order valence-electron chi connectivity index (χ1n) is 7.51. The lowest BCUT2D eigenvalue weighted by molar-refractivity contribution is -0.123. The SMILES string of the molecule is CC(NC(=O)CCC1CCCO1)C(O)c1ccc(F)c(F)c1. The van der Waals surface area contributed by atoms with Crippen LogP contribution in [0, 0.1) is 11.6 Å². The van der Waals surface area contributed by atoms with Gasteiger partial charge in [-0.15, -0.1) is 0 Å². The summed E-state index contributed by atoms with van der Waals surface area (Å²) in [7, 11) is 0. The highest BCUT2D eigenvalue weighted by atomic mass is 19.2. The maximum absolute atomic E-state index is 13.2. The zero-order valence-corrected chi connectivity index (χ0v) is 12.5. The monoisotopic (exact) mass is 313 g/mol. The second-order valence-electron chi connectivity index (χ2n) is 5.65. The lowest BCUT2D eigenvalue weighted by atomic mass is 10.0. The summed E-state index contributed by atoms with van der Waals surface area (Å²) in [5, 5.41) is 12.8. The molecule has 0 saturated carbocycles. The van der Waals surface area contributed by atoms with Gasteiger partial charge in [-0.25, -0.2) is 8.78 Å². The van der Waals surface area contributed by atoms with Crippen LogP contribution in [0.25, 0.3) is 0 Å². The number of hydrogen-bond acceptors (Lipinski definition) is 3. The number of aliphatic hydroxyl groups is 1. The van der Waals surface area contributed by atoms with E-state index in [0.29, 0.717) is 12.8 Å². The van der Waals surface area contributed by atoms with Crippen molar-refractivity contribution in [3.63, 3.8) is 0 Å². The van der Waals surface area contributed by atoms with Crippen LogP contribution >= 0.6 is 0 Å². The Labute approximate surface area is 128 Å². The van der Waals surface area contributed by atoms with Crippen LogP contribution in [0.5, 0.6) is 0 Å². The molecule has 0 bridgehead atoms. The first-order valence-corrected chi connectivity index (χ1v) is 7.51. The Kier molecular flexibility index (Phi) is 5.85. The van der Waals surface area contributed by atoms with Crippen LogP contribution in [0.2, 0.25) is 0 Å². The standard InChI is InChI=1S/C16H21F2NO3/c1-10(16(21)11-4-6-13(17)14(18)9-11)19-15(20)7-5-12-3-2-8-22-12/h4,6,9-10,12,16,21H,2-3,5,7-8H2,1H3,(H,19,20). The van der Waals surface area contributed by atoms with Crippen molar-refractivity contribution in [2.24, 2.45) is 0 Å². The van der Waals surface area contributed by atoms with Gasteiger partial charge < -0.3 is 15.2 Å². The van der Waals surface area contributed by atoms with E-state index < -0.39 is 23.8 Å². The summed E-state index contributed by atoms with van der Waals surface area (Å²) in [6.07, 6.45) is 2.01. The number of rotatable bonds is 6. The van der Waals surface area contributed by atoms with Gasteiger partial charge in [-0.1, -0.05) is 6.07 Å². The number of aliphatic hydroxyl groups excluding tert-OH is 1. The number of carbonyl (C=O) groups excluding carboxylic acids is 1. The second kappa shape index (κ2) is 7.65. The third-order valence-corrected chi connectivity index (χ3v) is 3.86. The molecule has 1 aromatic carbocycles.